The zero-order valence-corrected chi connectivity index (χ0v) is 43.6. The van der Waals surface area contributed by atoms with Crippen molar-refractivity contribution in [3.63, 3.8) is 0 Å². The molecule has 0 amide bonds. The molecule has 10 N–H and O–H groups in total. The molecular weight excluding hydrogens is 995 g/mol. The van der Waals surface area contributed by atoms with Gasteiger partial charge in [-0.2, -0.15) is 0 Å². The second kappa shape index (κ2) is 21.3. The molecule has 22 nitrogen and oxygen atoms in total. The number of aliphatic hydroxyl groups excluding tert-OH is 4. The molecule has 426 valence electrons. The maximum atomic E-state index is 14.4. The van der Waals surface area contributed by atoms with Crippen LogP contribution in [0, 0.1) is 11.8 Å². The minimum Gasteiger partial charge on any atom is -0.458 e. The summed E-state index contributed by atoms with van der Waals surface area (Å²) in [5.41, 5.74) is 22.3. The van der Waals surface area contributed by atoms with Crippen LogP contribution in [0.4, 0.5) is 0 Å². The minimum absolute atomic E-state index is 0.0161. The summed E-state index contributed by atoms with van der Waals surface area (Å²) < 4.78 is 84.9. The Kier molecular flexibility index (Phi) is 15.3. The molecule has 13 fully saturated rings. The Morgan fingerprint density at radius 1 is 0.750 bits per heavy atom. The highest BCUT2D eigenvalue weighted by Crippen LogP contribution is 2.55. The summed E-state index contributed by atoms with van der Waals surface area (Å²) in [5, 5.41) is 43.7. The molecule has 0 aromatic heterocycles. The standard InChI is InChI=1S/C54H81N3O19/c1-22-8-10-64-34(24(22)3)16-37-46(71-41(62)13-27-5-6-33-48(66-27)52-51-50(68-33)49-39(69-51)19-53(75-49,76-52)9-7-28-11-23(2)25(4)65-28)42(57)47-36(67-37)15-32(61)44(72-47)26(20-58)12-35-43(63)29(55)17-54(73-35)18-30(56)45-38(74-54)14-31(60)40(21-59)70-45/h20,22,25-40,42-52,59-61,63H,2-3,5-19,21,55-57H2,1,4H3/t22-,25+,26?,27-,28+,29+,30+,31-,32-,33+,34-,35+,36+,37?,38+,39?,40-,42-,43+,44-,45+,46+,47-,48+,49+,50+,51-,52+,53+,54-/m1/s1. The third kappa shape index (κ3) is 10.0. The largest absolute Gasteiger partial charge is 0.458 e. The number of hydrogen-bond donors (Lipinski definition) is 7. The van der Waals surface area contributed by atoms with Crippen LogP contribution < -0.4 is 17.2 Å². The quantitative estimate of drug-likeness (QED) is 0.0711. The Hall–Kier alpha value is -2.14. The number of esters is 1. The predicted molar refractivity (Wildman–Crippen MR) is 262 cm³/mol. The fourth-order valence-corrected chi connectivity index (χ4v) is 15.1. The molecule has 22 heteroatoms. The molecular formula is C54H81N3O19. The lowest BCUT2D eigenvalue weighted by molar-refractivity contribution is -0.366. The van der Waals surface area contributed by atoms with Gasteiger partial charge in [-0.05, 0) is 62.5 Å². The van der Waals surface area contributed by atoms with Gasteiger partial charge in [0, 0.05) is 69.6 Å². The average molecular weight is 1080 g/mol. The summed E-state index contributed by atoms with van der Waals surface area (Å²) in [6.45, 7) is 12.8. The molecule has 0 aromatic rings. The molecule has 13 aliphatic rings. The van der Waals surface area contributed by atoms with Crippen molar-refractivity contribution in [1.29, 1.82) is 0 Å². The SMILES string of the molecule is C=C1C[C@H](CC[C@@]23CC4O[C@H]5[C@@H](O2)[C@H]2O[C@@H](CC(=O)O[C@H]6C(C[C@H]7OCC[C@@H](C)C7=C)O[C@H]7C[C@@H](O)[C@@H](C(C=O)C[C@@H]8O[C@@]9(C[C@H](N)[C@@H]8O)C[C@H](N)[C@@H]8O[C@H](CO)[C@H](O)C[C@@H]8O9)O[C@H]7[C@@H]6N)CC[C@@H]2O[C@H]5[C@H]4O3)O[C@H]1C. The van der Waals surface area contributed by atoms with Gasteiger partial charge >= 0.3 is 5.97 Å². The van der Waals surface area contributed by atoms with Crippen LogP contribution in [0.1, 0.15) is 104 Å². The molecule has 0 saturated carbocycles. The number of hydrogen-bond acceptors (Lipinski definition) is 22. The fourth-order valence-electron chi connectivity index (χ4n) is 15.1. The summed E-state index contributed by atoms with van der Waals surface area (Å²) in [6, 6.07) is -2.45. The topological polar surface area (TPSA) is 313 Å². The number of carbonyl (C=O) groups is 2. The zero-order chi connectivity index (χ0) is 53.1. The van der Waals surface area contributed by atoms with Gasteiger partial charge < -0.3 is 104 Å². The van der Waals surface area contributed by atoms with Gasteiger partial charge in [0.05, 0.1) is 111 Å². The van der Waals surface area contributed by atoms with E-state index in [1.54, 1.807) is 0 Å². The van der Waals surface area contributed by atoms with Crippen molar-refractivity contribution in [2.45, 2.75) is 274 Å². The lowest BCUT2D eigenvalue weighted by atomic mass is 9.79. The summed E-state index contributed by atoms with van der Waals surface area (Å²) in [7, 11) is 0. The molecule has 30 atom stereocenters. The molecule has 13 heterocycles. The van der Waals surface area contributed by atoms with Gasteiger partial charge in [0.15, 0.2) is 11.6 Å². The van der Waals surface area contributed by atoms with Crippen LogP contribution in [0.3, 0.4) is 0 Å². The lowest BCUT2D eigenvalue weighted by Crippen LogP contribution is -2.69. The first kappa shape index (κ1) is 54.4. The van der Waals surface area contributed by atoms with Crippen molar-refractivity contribution in [2.24, 2.45) is 29.0 Å². The van der Waals surface area contributed by atoms with Crippen LogP contribution in [-0.4, -0.2) is 216 Å². The van der Waals surface area contributed by atoms with Gasteiger partial charge in [0.1, 0.15) is 55.1 Å². The molecule has 1 spiro atoms. The van der Waals surface area contributed by atoms with E-state index in [1.165, 1.54) is 0 Å². The molecule has 76 heavy (non-hydrogen) atoms. The summed E-state index contributed by atoms with van der Waals surface area (Å²) in [4.78, 5) is 27.5. The number of aldehydes is 1. The number of carbonyl (C=O) groups excluding carboxylic acids is 2. The van der Waals surface area contributed by atoms with Crippen LogP contribution in [0.15, 0.2) is 24.3 Å². The number of rotatable bonds is 13. The van der Waals surface area contributed by atoms with E-state index in [0.29, 0.717) is 38.6 Å². The smallest absolute Gasteiger partial charge is 0.308 e. The Bertz CT molecular complexity index is 2160. The van der Waals surface area contributed by atoms with Gasteiger partial charge in [-0.1, -0.05) is 20.1 Å². The van der Waals surface area contributed by atoms with E-state index in [-0.39, 0.29) is 100 Å². The lowest BCUT2D eigenvalue weighted by Gasteiger charge is -2.55. The second-order valence-electron chi connectivity index (χ2n) is 24.4. The predicted octanol–water partition coefficient (Wildman–Crippen LogP) is -0.242. The van der Waals surface area contributed by atoms with Crippen LogP contribution in [-0.2, 0) is 71.2 Å². The molecule has 13 rings (SSSR count). The van der Waals surface area contributed by atoms with Gasteiger partial charge in [-0.25, -0.2) is 0 Å². The molecule has 6 bridgehead atoms. The van der Waals surface area contributed by atoms with Crippen molar-refractivity contribution in [3.05, 3.63) is 24.3 Å². The first-order chi connectivity index (χ1) is 36.4. The van der Waals surface area contributed by atoms with Crippen molar-refractivity contribution in [2.75, 3.05) is 13.2 Å². The van der Waals surface area contributed by atoms with E-state index < -0.39 is 139 Å². The summed E-state index contributed by atoms with van der Waals surface area (Å²) >= 11 is 0. The number of fused-ring (bicyclic) bond motifs is 3. The number of ether oxygens (including phenoxy) is 13. The Balaban J connectivity index is 0.723. The van der Waals surface area contributed by atoms with E-state index >= 15 is 0 Å². The van der Waals surface area contributed by atoms with Crippen LogP contribution in [0.5, 0.6) is 0 Å². The maximum Gasteiger partial charge on any atom is 0.308 e. The van der Waals surface area contributed by atoms with Crippen molar-refractivity contribution in [3.8, 4) is 0 Å². The highest BCUT2D eigenvalue weighted by Gasteiger charge is 2.69. The van der Waals surface area contributed by atoms with Gasteiger partial charge in [0.25, 0.3) is 0 Å². The van der Waals surface area contributed by atoms with E-state index in [4.69, 9.17) is 78.8 Å². The van der Waals surface area contributed by atoms with E-state index in [9.17, 15) is 30.0 Å². The molecule has 0 aromatic carbocycles. The number of nitrogens with two attached hydrogens (primary N) is 3. The van der Waals surface area contributed by atoms with Crippen LogP contribution >= 0.6 is 0 Å². The van der Waals surface area contributed by atoms with Gasteiger partial charge in [-0.3, -0.25) is 4.79 Å². The third-order valence-electron chi connectivity index (χ3n) is 19.3. The van der Waals surface area contributed by atoms with Crippen LogP contribution in [0.2, 0.25) is 0 Å². The Morgan fingerprint density at radius 2 is 1.51 bits per heavy atom. The van der Waals surface area contributed by atoms with E-state index in [1.807, 2.05) is 6.92 Å². The summed E-state index contributed by atoms with van der Waals surface area (Å²) in [6.07, 6.45) is -8.72. The minimum atomic E-state index is -1.38. The van der Waals surface area contributed by atoms with Gasteiger partial charge in [-0.15, -0.1) is 0 Å². The fraction of sp³-hybridized carbons (Fsp3) is 0.889. The van der Waals surface area contributed by atoms with Gasteiger partial charge in [0.2, 0.25) is 0 Å². The average Bonchev–Trinajstić information content (AvgIpc) is 4.12. The molecule has 0 radical (unpaired) electrons. The first-order valence-electron chi connectivity index (χ1n) is 28.3. The highest BCUT2D eigenvalue weighted by atomic mass is 16.8. The Morgan fingerprint density at radius 3 is 2.29 bits per heavy atom. The zero-order valence-electron chi connectivity index (χ0n) is 43.6. The van der Waals surface area contributed by atoms with Crippen LogP contribution in [0.25, 0.3) is 0 Å². The molecule has 3 unspecified atom stereocenters. The summed E-state index contributed by atoms with van der Waals surface area (Å²) in [5.74, 6) is -3.66. The highest BCUT2D eigenvalue weighted by molar-refractivity contribution is 5.70. The molecule has 13 saturated heterocycles. The molecule has 0 aliphatic carbocycles. The Labute approximate surface area is 443 Å². The number of aliphatic hydroxyl groups is 4. The van der Waals surface area contributed by atoms with E-state index in [2.05, 4.69) is 20.1 Å². The second-order valence-corrected chi connectivity index (χ2v) is 24.4. The van der Waals surface area contributed by atoms with Crippen molar-refractivity contribution >= 4 is 12.3 Å². The normalized spacial score (nSPS) is 53.9. The molecule has 13 aliphatic heterocycles. The first-order valence-corrected chi connectivity index (χ1v) is 28.3. The van der Waals surface area contributed by atoms with E-state index in [0.717, 1.165) is 30.4 Å². The van der Waals surface area contributed by atoms with Crippen molar-refractivity contribution < 1.29 is 91.6 Å². The monoisotopic (exact) mass is 1080 g/mol. The maximum absolute atomic E-state index is 14.4. The van der Waals surface area contributed by atoms with Crippen molar-refractivity contribution in [1.82, 2.24) is 0 Å². The third-order valence-corrected chi connectivity index (χ3v) is 19.3.